The highest BCUT2D eigenvalue weighted by Crippen LogP contribution is 2.17. The number of benzene rings is 3. The van der Waals surface area contributed by atoms with E-state index in [0.717, 1.165) is 23.4 Å². The summed E-state index contributed by atoms with van der Waals surface area (Å²) < 4.78 is 10.7. The summed E-state index contributed by atoms with van der Waals surface area (Å²) in [7, 11) is 1.63. The van der Waals surface area contributed by atoms with Crippen molar-refractivity contribution in [3.05, 3.63) is 90.0 Å². The number of amides is 2. The molecule has 33 heavy (non-hydrogen) atoms. The Bertz CT molecular complexity index is 1010. The van der Waals surface area contributed by atoms with Gasteiger partial charge < -0.3 is 25.4 Å². The molecule has 7 nitrogen and oxygen atoms in total. The molecule has 2 amide bonds. The van der Waals surface area contributed by atoms with E-state index in [1.54, 1.807) is 43.5 Å². The number of carbonyl (C=O) groups excluding carboxylic acids is 2. The van der Waals surface area contributed by atoms with Crippen LogP contribution in [-0.4, -0.2) is 38.6 Å². The number of ether oxygens (including phenoxy) is 2. The molecule has 3 rings (SSSR count). The van der Waals surface area contributed by atoms with Crippen molar-refractivity contribution in [2.45, 2.75) is 13.0 Å². The van der Waals surface area contributed by atoms with Crippen LogP contribution in [-0.2, 0) is 16.1 Å². The fourth-order valence-corrected chi connectivity index (χ4v) is 3.02. The second-order valence-corrected chi connectivity index (χ2v) is 7.38. The van der Waals surface area contributed by atoms with Crippen molar-refractivity contribution in [3.8, 4) is 5.75 Å². The zero-order valence-corrected chi connectivity index (χ0v) is 18.7. The van der Waals surface area contributed by atoms with Crippen LogP contribution >= 0.6 is 0 Å². The fourth-order valence-electron chi connectivity index (χ4n) is 3.02. The van der Waals surface area contributed by atoms with Crippen molar-refractivity contribution in [1.82, 2.24) is 5.32 Å². The van der Waals surface area contributed by atoms with Crippen molar-refractivity contribution in [2.75, 3.05) is 37.4 Å². The van der Waals surface area contributed by atoms with E-state index in [9.17, 15) is 9.59 Å². The van der Waals surface area contributed by atoms with Gasteiger partial charge in [0.05, 0.1) is 6.54 Å². The van der Waals surface area contributed by atoms with Gasteiger partial charge in [-0.15, -0.1) is 0 Å². The summed E-state index contributed by atoms with van der Waals surface area (Å²) in [5, 5.41) is 8.74. The van der Waals surface area contributed by atoms with Crippen molar-refractivity contribution >= 4 is 23.2 Å². The van der Waals surface area contributed by atoms with Gasteiger partial charge in [-0.05, 0) is 60.5 Å². The molecule has 0 aromatic heterocycles. The van der Waals surface area contributed by atoms with E-state index in [1.165, 1.54) is 0 Å². The predicted molar refractivity (Wildman–Crippen MR) is 130 cm³/mol. The quantitative estimate of drug-likeness (QED) is 0.364. The number of hydrogen-bond donors (Lipinski definition) is 3. The summed E-state index contributed by atoms with van der Waals surface area (Å²) in [6.45, 7) is 1.77. The molecule has 3 N–H and O–H groups in total. The van der Waals surface area contributed by atoms with Crippen LogP contribution in [0.5, 0.6) is 5.75 Å². The largest absolute Gasteiger partial charge is 0.489 e. The van der Waals surface area contributed by atoms with Gasteiger partial charge in [0, 0.05) is 37.2 Å². The van der Waals surface area contributed by atoms with Crippen LogP contribution in [0.2, 0.25) is 0 Å². The van der Waals surface area contributed by atoms with Gasteiger partial charge in [0.25, 0.3) is 5.91 Å². The van der Waals surface area contributed by atoms with E-state index in [1.807, 2.05) is 42.5 Å². The molecule has 0 aliphatic heterocycles. The maximum absolute atomic E-state index is 12.2. The summed E-state index contributed by atoms with van der Waals surface area (Å²) in [6, 6.07) is 24.2. The third-order valence-corrected chi connectivity index (χ3v) is 4.80. The lowest BCUT2D eigenvalue weighted by Crippen LogP contribution is -2.25. The van der Waals surface area contributed by atoms with E-state index in [2.05, 4.69) is 16.0 Å². The Morgan fingerprint density at radius 1 is 0.848 bits per heavy atom. The van der Waals surface area contributed by atoms with E-state index >= 15 is 0 Å². The summed E-state index contributed by atoms with van der Waals surface area (Å²) in [6.07, 6.45) is 0.764. The van der Waals surface area contributed by atoms with Crippen LogP contribution in [0.15, 0.2) is 78.9 Å². The number of carbonyl (C=O) groups is 2. The number of nitrogens with one attached hydrogen (secondary N) is 3. The van der Waals surface area contributed by atoms with E-state index in [4.69, 9.17) is 9.47 Å². The molecule has 0 spiro atoms. The zero-order chi connectivity index (χ0) is 23.3. The van der Waals surface area contributed by atoms with Gasteiger partial charge in [0.2, 0.25) is 5.91 Å². The number of rotatable bonds is 12. The van der Waals surface area contributed by atoms with Crippen molar-refractivity contribution in [2.24, 2.45) is 0 Å². The van der Waals surface area contributed by atoms with Crippen LogP contribution in [0.3, 0.4) is 0 Å². The summed E-state index contributed by atoms with van der Waals surface area (Å²) in [4.78, 5) is 24.3. The average molecular weight is 448 g/mol. The van der Waals surface area contributed by atoms with Crippen molar-refractivity contribution in [1.29, 1.82) is 0 Å². The third kappa shape index (κ3) is 8.31. The van der Waals surface area contributed by atoms with Gasteiger partial charge in [-0.3, -0.25) is 9.59 Å². The van der Waals surface area contributed by atoms with E-state index in [0.29, 0.717) is 31.0 Å². The minimum absolute atomic E-state index is 0.106. The molecule has 0 aliphatic rings. The minimum atomic E-state index is -0.173. The molecule has 0 radical (unpaired) electrons. The van der Waals surface area contributed by atoms with Crippen LogP contribution in [0.1, 0.15) is 22.3 Å². The molecule has 3 aromatic rings. The highest BCUT2D eigenvalue weighted by Gasteiger charge is 2.06. The molecule has 0 fully saturated rings. The van der Waals surface area contributed by atoms with Gasteiger partial charge >= 0.3 is 0 Å². The zero-order valence-electron chi connectivity index (χ0n) is 18.7. The first-order chi connectivity index (χ1) is 16.1. The molecular formula is C26H29N3O4. The standard InChI is InChI=1S/C26H29N3O4/c1-32-17-5-16-27-26(31)21-8-10-22(11-9-21)28-18-25(30)29-23-12-14-24(15-13-23)33-19-20-6-3-2-4-7-20/h2-4,6-15,28H,5,16-19H2,1H3,(H,27,31)(H,29,30). The number of anilines is 2. The topological polar surface area (TPSA) is 88.7 Å². The highest BCUT2D eigenvalue weighted by atomic mass is 16.5. The molecule has 7 heteroatoms. The van der Waals surface area contributed by atoms with Gasteiger partial charge in [0.1, 0.15) is 12.4 Å². The van der Waals surface area contributed by atoms with Crippen molar-refractivity contribution in [3.63, 3.8) is 0 Å². The Labute approximate surface area is 194 Å². The first-order valence-corrected chi connectivity index (χ1v) is 10.8. The van der Waals surface area contributed by atoms with Gasteiger partial charge in [-0.25, -0.2) is 0 Å². The molecule has 0 saturated carbocycles. The molecule has 3 aromatic carbocycles. The number of methoxy groups -OCH3 is 1. The Kier molecular flexibility index (Phi) is 9.29. The molecule has 0 bridgehead atoms. The summed E-state index contributed by atoms with van der Waals surface area (Å²) in [5.41, 5.74) is 3.11. The Morgan fingerprint density at radius 2 is 1.55 bits per heavy atom. The lowest BCUT2D eigenvalue weighted by Gasteiger charge is -2.10. The first-order valence-electron chi connectivity index (χ1n) is 10.8. The van der Waals surface area contributed by atoms with Gasteiger partial charge in [-0.2, -0.15) is 0 Å². The Hall–Kier alpha value is -3.84. The monoisotopic (exact) mass is 447 g/mol. The molecule has 0 atom stereocenters. The molecule has 0 saturated heterocycles. The second kappa shape index (κ2) is 12.9. The van der Waals surface area contributed by atoms with Crippen LogP contribution in [0.4, 0.5) is 11.4 Å². The molecule has 0 heterocycles. The predicted octanol–water partition coefficient (Wildman–Crippen LogP) is 4.08. The average Bonchev–Trinajstić information content (AvgIpc) is 2.86. The van der Waals surface area contributed by atoms with Crippen molar-refractivity contribution < 1.29 is 19.1 Å². The summed E-state index contributed by atoms with van der Waals surface area (Å²) in [5.74, 6) is 0.428. The maximum Gasteiger partial charge on any atom is 0.251 e. The lowest BCUT2D eigenvalue weighted by molar-refractivity contribution is -0.114. The van der Waals surface area contributed by atoms with Gasteiger partial charge in [0.15, 0.2) is 0 Å². The van der Waals surface area contributed by atoms with E-state index in [-0.39, 0.29) is 18.4 Å². The van der Waals surface area contributed by atoms with Crippen LogP contribution in [0.25, 0.3) is 0 Å². The Balaban J connectivity index is 1.39. The normalized spacial score (nSPS) is 10.3. The first kappa shape index (κ1) is 23.8. The minimum Gasteiger partial charge on any atom is -0.489 e. The van der Waals surface area contributed by atoms with E-state index < -0.39 is 0 Å². The SMILES string of the molecule is COCCCNC(=O)c1ccc(NCC(=O)Nc2ccc(OCc3ccccc3)cc2)cc1. The Morgan fingerprint density at radius 3 is 2.24 bits per heavy atom. The smallest absolute Gasteiger partial charge is 0.251 e. The molecule has 0 unspecified atom stereocenters. The highest BCUT2D eigenvalue weighted by molar-refractivity contribution is 5.95. The fraction of sp³-hybridized carbons (Fsp3) is 0.231. The maximum atomic E-state index is 12.2. The molecule has 172 valence electrons. The second-order valence-electron chi connectivity index (χ2n) is 7.38. The molecular weight excluding hydrogens is 418 g/mol. The number of hydrogen-bond acceptors (Lipinski definition) is 5. The third-order valence-electron chi connectivity index (χ3n) is 4.80. The van der Waals surface area contributed by atoms with Crippen LogP contribution in [0, 0.1) is 0 Å². The van der Waals surface area contributed by atoms with Crippen LogP contribution < -0.4 is 20.7 Å². The lowest BCUT2D eigenvalue weighted by atomic mass is 10.2. The molecule has 0 aliphatic carbocycles. The van der Waals surface area contributed by atoms with Gasteiger partial charge in [-0.1, -0.05) is 30.3 Å². The summed E-state index contributed by atoms with van der Waals surface area (Å²) >= 11 is 0.